The molecule has 0 aliphatic carbocycles. The van der Waals surface area contributed by atoms with Crippen molar-refractivity contribution in [1.29, 1.82) is 0 Å². The second-order valence-electron chi connectivity index (χ2n) is 4.44. The Morgan fingerprint density at radius 1 is 1.11 bits per heavy atom. The predicted molar refractivity (Wildman–Crippen MR) is 75.9 cm³/mol. The van der Waals surface area contributed by atoms with Crippen LogP contribution in [0.4, 0.5) is 0 Å². The summed E-state index contributed by atoms with van der Waals surface area (Å²) in [4.78, 5) is 0. The summed E-state index contributed by atoms with van der Waals surface area (Å²) in [5.74, 6) is 0.908. The van der Waals surface area contributed by atoms with E-state index in [4.69, 9.17) is 10.5 Å². The highest BCUT2D eigenvalue weighted by molar-refractivity contribution is 5.71. The van der Waals surface area contributed by atoms with Gasteiger partial charge in [0.15, 0.2) is 0 Å². The minimum Gasteiger partial charge on any atom is -0.496 e. The van der Waals surface area contributed by atoms with Crippen molar-refractivity contribution in [3.8, 4) is 16.9 Å². The second kappa shape index (κ2) is 5.69. The first-order valence-electron chi connectivity index (χ1n) is 6.18. The molecule has 0 saturated heterocycles. The number of methoxy groups -OCH3 is 1. The smallest absolute Gasteiger partial charge is 0.126 e. The van der Waals surface area contributed by atoms with Crippen LogP contribution >= 0.6 is 0 Å². The molecule has 0 aromatic heterocycles. The molecule has 0 amide bonds. The van der Waals surface area contributed by atoms with E-state index in [2.05, 4.69) is 43.3 Å². The zero-order chi connectivity index (χ0) is 13.0. The molecule has 2 heteroatoms. The fraction of sp³-hybridized carbons (Fsp3) is 0.250. The van der Waals surface area contributed by atoms with E-state index >= 15 is 0 Å². The van der Waals surface area contributed by atoms with Crippen molar-refractivity contribution in [2.75, 3.05) is 13.7 Å². The first-order chi connectivity index (χ1) is 8.74. The van der Waals surface area contributed by atoms with Gasteiger partial charge in [0.1, 0.15) is 5.75 Å². The summed E-state index contributed by atoms with van der Waals surface area (Å²) in [6, 6.07) is 14.7. The van der Waals surface area contributed by atoms with E-state index in [1.165, 1.54) is 16.7 Å². The van der Waals surface area contributed by atoms with Crippen molar-refractivity contribution < 1.29 is 4.74 Å². The van der Waals surface area contributed by atoms with Gasteiger partial charge >= 0.3 is 0 Å². The number of hydrogen-bond donors (Lipinski definition) is 1. The standard InChI is InChI=1S/C16H19NO/c1-12-6-7-16(18-2)15(10-12)14-5-3-4-13(11-14)8-9-17/h3-7,10-11H,8-9,17H2,1-2H3. The Labute approximate surface area is 108 Å². The molecule has 94 valence electrons. The molecule has 0 spiro atoms. The maximum absolute atomic E-state index is 5.60. The normalized spacial score (nSPS) is 10.4. The fourth-order valence-corrected chi connectivity index (χ4v) is 2.11. The molecule has 0 bridgehead atoms. The van der Waals surface area contributed by atoms with E-state index in [0.717, 1.165) is 17.7 Å². The van der Waals surface area contributed by atoms with Gasteiger partial charge in [0, 0.05) is 5.56 Å². The van der Waals surface area contributed by atoms with E-state index in [-0.39, 0.29) is 0 Å². The van der Waals surface area contributed by atoms with Gasteiger partial charge in [0.05, 0.1) is 7.11 Å². The molecule has 2 aromatic rings. The molecule has 0 aliphatic rings. The van der Waals surface area contributed by atoms with Crippen molar-refractivity contribution in [2.45, 2.75) is 13.3 Å². The van der Waals surface area contributed by atoms with E-state index in [9.17, 15) is 0 Å². The fourth-order valence-electron chi connectivity index (χ4n) is 2.11. The molecule has 0 heterocycles. The van der Waals surface area contributed by atoms with Gasteiger partial charge in [-0.15, -0.1) is 0 Å². The van der Waals surface area contributed by atoms with Crippen LogP contribution in [0.15, 0.2) is 42.5 Å². The molecular weight excluding hydrogens is 222 g/mol. The SMILES string of the molecule is COc1ccc(C)cc1-c1cccc(CCN)c1. The van der Waals surface area contributed by atoms with Crippen LogP contribution in [0.2, 0.25) is 0 Å². The van der Waals surface area contributed by atoms with Gasteiger partial charge in [0.25, 0.3) is 0 Å². The molecule has 2 nitrogen and oxygen atoms in total. The predicted octanol–water partition coefficient (Wildman–Crippen LogP) is 3.17. The van der Waals surface area contributed by atoms with E-state index in [0.29, 0.717) is 6.54 Å². The molecular formula is C16H19NO. The third-order valence-corrected chi connectivity index (χ3v) is 3.03. The van der Waals surface area contributed by atoms with Crippen LogP contribution in [0, 0.1) is 6.92 Å². The van der Waals surface area contributed by atoms with Crippen LogP contribution in [-0.4, -0.2) is 13.7 Å². The summed E-state index contributed by atoms with van der Waals surface area (Å²) in [5, 5.41) is 0. The Morgan fingerprint density at radius 3 is 2.67 bits per heavy atom. The monoisotopic (exact) mass is 241 g/mol. The van der Waals surface area contributed by atoms with Crippen LogP contribution in [0.25, 0.3) is 11.1 Å². The van der Waals surface area contributed by atoms with Crippen molar-refractivity contribution in [3.63, 3.8) is 0 Å². The summed E-state index contributed by atoms with van der Waals surface area (Å²) in [6.07, 6.45) is 0.905. The lowest BCUT2D eigenvalue weighted by Crippen LogP contribution is -2.02. The Bertz CT molecular complexity index is 534. The van der Waals surface area contributed by atoms with Gasteiger partial charge in [0.2, 0.25) is 0 Å². The second-order valence-corrected chi connectivity index (χ2v) is 4.44. The number of aryl methyl sites for hydroxylation is 1. The van der Waals surface area contributed by atoms with Gasteiger partial charge in [-0.3, -0.25) is 0 Å². The summed E-state index contributed by atoms with van der Waals surface area (Å²) in [7, 11) is 1.71. The van der Waals surface area contributed by atoms with Crippen LogP contribution in [0.1, 0.15) is 11.1 Å². The topological polar surface area (TPSA) is 35.2 Å². The first kappa shape index (κ1) is 12.7. The molecule has 0 saturated carbocycles. The van der Waals surface area contributed by atoms with Gasteiger partial charge in [-0.2, -0.15) is 0 Å². The summed E-state index contributed by atoms with van der Waals surface area (Å²) >= 11 is 0. The van der Waals surface area contributed by atoms with Gasteiger partial charge in [-0.05, 0) is 43.1 Å². The van der Waals surface area contributed by atoms with E-state index < -0.39 is 0 Å². The maximum atomic E-state index is 5.60. The van der Waals surface area contributed by atoms with E-state index in [1.807, 2.05) is 6.07 Å². The van der Waals surface area contributed by atoms with Crippen molar-refractivity contribution in [1.82, 2.24) is 0 Å². The number of hydrogen-bond acceptors (Lipinski definition) is 2. The Kier molecular flexibility index (Phi) is 4.00. The summed E-state index contributed by atoms with van der Waals surface area (Å²) in [6.45, 7) is 2.76. The Morgan fingerprint density at radius 2 is 1.94 bits per heavy atom. The highest BCUT2D eigenvalue weighted by atomic mass is 16.5. The maximum Gasteiger partial charge on any atom is 0.126 e. The average Bonchev–Trinajstić information content (AvgIpc) is 2.39. The molecule has 18 heavy (non-hydrogen) atoms. The lowest BCUT2D eigenvalue weighted by Gasteiger charge is -2.11. The van der Waals surface area contributed by atoms with E-state index in [1.54, 1.807) is 7.11 Å². The minimum absolute atomic E-state index is 0.675. The van der Waals surface area contributed by atoms with Crippen molar-refractivity contribution >= 4 is 0 Å². The van der Waals surface area contributed by atoms with Gasteiger partial charge in [-0.1, -0.05) is 35.9 Å². The zero-order valence-electron chi connectivity index (χ0n) is 10.9. The van der Waals surface area contributed by atoms with Crippen LogP contribution in [0.5, 0.6) is 5.75 Å². The molecule has 0 unspecified atom stereocenters. The minimum atomic E-state index is 0.675. The molecule has 2 N–H and O–H groups in total. The summed E-state index contributed by atoms with van der Waals surface area (Å²) < 4.78 is 5.43. The molecule has 0 fully saturated rings. The Hall–Kier alpha value is -1.80. The molecule has 0 atom stereocenters. The van der Waals surface area contributed by atoms with Crippen molar-refractivity contribution in [2.24, 2.45) is 5.73 Å². The molecule has 0 radical (unpaired) electrons. The number of ether oxygens (including phenoxy) is 1. The third-order valence-electron chi connectivity index (χ3n) is 3.03. The quantitative estimate of drug-likeness (QED) is 0.892. The first-order valence-corrected chi connectivity index (χ1v) is 6.18. The third kappa shape index (κ3) is 2.71. The molecule has 2 rings (SSSR count). The lowest BCUT2D eigenvalue weighted by atomic mass is 9.99. The zero-order valence-corrected chi connectivity index (χ0v) is 10.9. The number of rotatable bonds is 4. The highest BCUT2D eigenvalue weighted by Gasteiger charge is 2.06. The van der Waals surface area contributed by atoms with Crippen LogP contribution in [0.3, 0.4) is 0 Å². The molecule has 2 aromatic carbocycles. The average molecular weight is 241 g/mol. The lowest BCUT2D eigenvalue weighted by molar-refractivity contribution is 0.416. The largest absolute Gasteiger partial charge is 0.496 e. The van der Waals surface area contributed by atoms with Gasteiger partial charge < -0.3 is 10.5 Å². The summed E-state index contributed by atoms with van der Waals surface area (Å²) in [5.41, 5.74) is 10.4. The van der Waals surface area contributed by atoms with Crippen LogP contribution in [-0.2, 0) is 6.42 Å². The van der Waals surface area contributed by atoms with Crippen LogP contribution < -0.4 is 10.5 Å². The highest BCUT2D eigenvalue weighted by Crippen LogP contribution is 2.31. The van der Waals surface area contributed by atoms with Crippen molar-refractivity contribution in [3.05, 3.63) is 53.6 Å². The number of benzene rings is 2. The number of nitrogens with two attached hydrogens (primary N) is 1. The molecule has 0 aliphatic heterocycles. The Balaban J connectivity index is 2.47. The van der Waals surface area contributed by atoms with Gasteiger partial charge in [-0.25, -0.2) is 0 Å².